The number of thiophene rings is 1. The molecule has 1 aromatic heterocycles. The molecule has 0 aliphatic rings. The fraction of sp³-hybridized carbons (Fsp3) is 0.538. The van der Waals surface area contributed by atoms with Gasteiger partial charge in [-0.3, -0.25) is 0 Å². The van der Waals surface area contributed by atoms with Crippen molar-refractivity contribution in [3.63, 3.8) is 0 Å². The van der Waals surface area contributed by atoms with Crippen molar-refractivity contribution in [1.29, 1.82) is 0 Å². The van der Waals surface area contributed by atoms with Crippen LogP contribution in [0.2, 0.25) is 0 Å². The summed E-state index contributed by atoms with van der Waals surface area (Å²) in [5, 5.41) is 12.2. The Morgan fingerprint density at radius 1 is 1.55 bits per heavy atom. The number of aliphatic hydroxyl groups is 1. The lowest BCUT2D eigenvalue weighted by molar-refractivity contribution is 0.260. The third-order valence-electron chi connectivity index (χ3n) is 2.77. The number of aliphatic hydroxyl groups excluding tert-OH is 1. The lowest BCUT2D eigenvalue weighted by Gasteiger charge is -2.19. The average molecular weight is 318 g/mol. The van der Waals surface area contributed by atoms with E-state index in [0.717, 1.165) is 16.3 Å². The van der Waals surface area contributed by atoms with Crippen molar-refractivity contribution in [3.05, 3.63) is 28.5 Å². The third-order valence-corrected chi connectivity index (χ3v) is 5.94. The van der Waals surface area contributed by atoms with E-state index in [1.165, 1.54) is 21.7 Å². The predicted molar refractivity (Wildman–Crippen MR) is 82.5 cm³/mol. The molecule has 0 aliphatic heterocycles. The molecule has 1 rings (SSSR count). The molecular formula is C13H22N2O3S2. The maximum Gasteiger partial charge on any atom is 0.244 e. The number of nitrogens with zero attached hydrogens (tertiary/aromatic N) is 1. The van der Waals surface area contributed by atoms with E-state index in [1.54, 1.807) is 13.0 Å². The molecule has 0 saturated carbocycles. The summed E-state index contributed by atoms with van der Waals surface area (Å²) < 4.78 is 26.4. The fourth-order valence-electron chi connectivity index (χ4n) is 1.82. The zero-order valence-electron chi connectivity index (χ0n) is 11.9. The Balaban J connectivity index is 3.06. The number of hydrogen-bond donors (Lipinski definition) is 2. The van der Waals surface area contributed by atoms with Gasteiger partial charge in [-0.1, -0.05) is 13.0 Å². The van der Waals surface area contributed by atoms with Gasteiger partial charge in [-0.2, -0.15) is 4.31 Å². The number of aryl methyl sites for hydroxylation is 1. The fourth-order valence-corrected chi connectivity index (χ4v) is 4.80. The first-order chi connectivity index (χ1) is 9.47. The number of nitrogens with one attached hydrogen (secondary N) is 1. The highest BCUT2D eigenvalue weighted by Crippen LogP contribution is 2.28. The van der Waals surface area contributed by atoms with Crippen molar-refractivity contribution >= 4 is 21.4 Å². The van der Waals surface area contributed by atoms with Gasteiger partial charge in [-0.15, -0.1) is 17.9 Å². The monoisotopic (exact) mass is 318 g/mol. The van der Waals surface area contributed by atoms with Gasteiger partial charge in [0.15, 0.2) is 0 Å². The van der Waals surface area contributed by atoms with E-state index >= 15 is 0 Å². The summed E-state index contributed by atoms with van der Waals surface area (Å²) in [7, 11) is -3.58. The second-order valence-corrected chi connectivity index (χ2v) is 7.54. The van der Waals surface area contributed by atoms with Crippen molar-refractivity contribution in [1.82, 2.24) is 9.62 Å². The maximum absolute atomic E-state index is 12.6. The van der Waals surface area contributed by atoms with Crippen LogP contribution in [-0.4, -0.2) is 44.1 Å². The van der Waals surface area contributed by atoms with Crippen LogP contribution in [0.4, 0.5) is 0 Å². The van der Waals surface area contributed by atoms with E-state index in [2.05, 4.69) is 11.9 Å². The highest BCUT2D eigenvalue weighted by atomic mass is 32.2. The Bertz CT molecular complexity index is 538. The average Bonchev–Trinajstić information content (AvgIpc) is 2.78. The van der Waals surface area contributed by atoms with Crippen LogP contribution in [0, 0.1) is 6.92 Å². The van der Waals surface area contributed by atoms with Crippen LogP contribution >= 0.6 is 11.3 Å². The van der Waals surface area contributed by atoms with Gasteiger partial charge >= 0.3 is 0 Å². The summed E-state index contributed by atoms with van der Waals surface area (Å²) in [6.07, 6.45) is 1.52. The third kappa shape index (κ3) is 4.13. The quantitative estimate of drug-likeness (QED) is 0.674. The molecule has 0 amide bonds. The Morgan fingerprint density at radius 3 is 2.80 bits per heavy atom. The number of hydrogen-bond acceptors (Lipinski definition) is 5. The topological polar surface area (TPSA) is 69.6 Å². The minimum Gasteiger partial charge on any atom is -0.395 e. The van der Waals surface area contributed by atoms with Crippen LogP contribution in [0.25, 0.3) is 0 Å². The molecule has 20 heavy (non-hydrogen) atoms. The molecule has 2 N–H and O–H groups in total. The highest BCUT2D eigenvalue weighted by molar-refractivity contribution is 7.89. The van der Waals surface area contributed by atoms with E-state index in [-0.39, 0.29) is 19.7 Å². The summed E-state index contributed by atoms with van der Waals surface area (Å²) in [4.78, 5) is 2.08. The molecule has 114 valence electrons. The molecular weight excluding hydrogens is 296 g/mol. The van der Waals surface area contributed by atoms with Gasteiger partial charge < -0.3 is 10.4 Å². The lowest BCUT2D eigenvalue weighted by atomic mass is 10.4. The Morgan fingerprint density at radius 2 is 2.25 bits per heavy atom. The van der Waals surface area contributed by atoms with E-state index in [9.17, 15) is 8.42 Å². The minimum absolute atomic E-state index is 0.0756. The summed E-state index contributed by atoms with van der Waals surface area (Å²) in [5.41, 5.74) is 0. The molecule has 5 nitrogen and oxygen atoms in total. The van der Waals surface area contributed by atoms with Crippen molar-refractivity contribution in [3.8, 4) is 0 Å². The first-order valence-corrected chi connectivity index (χ1v) is 8.75. The number of sulfonamides is 1. The van der Waals surface area contributed by atoms with Crippen LogP contribution in [0.15, 0.2) is 23.6 Å². The van der Waals surface area contributed by atoms with E-state index in [0.29, 0.717) is 11.4 Å². The van der Waals surface area contributed by atoms with Crippen molar-refractivity contribution in [2.75, 3.05) is 26.2 Å². The molecule has 0 aliphatic carbocycles. The summed E-state index contributed by atoms with van der Waals surface area (Å²) in [6, 6.07) is 1.71. The molecule has 7 heteroatoms. The number of rotatable bonds is 9. The van der Waals surface area contributed by atoms with E-state index in [4.69, 9.17) is 5.11 Å². The Hall–Kier alpha value is -0.730. The summed E-state index contributed by atoms with van der Waals surface area (Å²) in [5.74, 6) is 0. The Labute approximate surface area is 125 Å². The van der Waals surface area contributed by atoms with Gasteiger partial charge in [0.05, 0.1) is 11.5 Å². The second-order valence-electron chi connectivity index (χ2n) is 4.29. The lowest BCUT2D eigenvalue weighted by Crippen LogP contribution is -2.33. The smallest absolute Gasteiger partial charge is 0.244 e. The molecule has 0 aromatic carbocycles. The van der Waals surface area contributed by atoms with Gasteiger partial charge in [0, 0.05) is 29.4 Å². The standard InChI is InChI=1S/C13H22N2O3S2/c1-4-6-15(7-8-16)20(17,18)13-9-12(10-14-5-2)19-11(13)3/h4,9,14,16H,1,5-8,10H2,2-3H3. The molecule has 0 radical (unpaired) electrons. The normalized spacial score (nSPS) is 12.0. The van der Waals surface area contributed by atoms with Gasteiger partial charge in [-0.25, -0.2) is 8.42 Å². The molecule has 0 fully saturated rings. The van der Waals surface area contributed by atoms with E-state index < -0.39 is 10.0 Å². The molecule has 0 unspecified atom stereocenters. The van der Waals surface area contributed by atoms with Gasteiger partial charge in [0.2, 0.25) is 10.0 Å². The Kier molecular flexibility index (Phi) is 6.84. The second kappa shape index (κ2) is 7.90. The van der Waals surface area contributed by atoms with Crippen LogP contribution in [0.3, 0.4) is 0 Å². The van der Waals surface area contributed by atoms with Crippen LogP contribution < -0.4 is 5.32 Å². The van der Waals surface area contributed by atoms with Gasteiger partial charge in [-0.05, 0) is 19.5 Å². The zero-order chi connectivity index (χ0) is 15.2. The first-order valence-electron chi connectivity index (χ1n) is 6.49. The predicted octanol–water partition coefficient (Wildman–Crippen LogP) is 1.34. The van der Waals surface area contributed by atoms with Crippen molar-refractivity contribution < 1.29 is 13.5 Å². The maximum atomic E-state index is 12.6. The minimum atomic E-state index is -3.58. The van der Waals surface area contributed by atoms with Crippen LogP contribution in [0.5, 0.6) is 0 Å². The first kappa shape index (κ1) is 17.3. The largest absolute Gasteiger partial charge is 0.395 e. The molecule has 0 bridgehead atoms. The highest BCUT2D eigenvalue weighted by Gasteiger charge is 2.26. The van der Waals surface area contributed by atoms with Gasteiger partial charge in [0.1, 0.15) is 0 Å². The van der Waals surface area contributed by atoms with E-state index in [1.807, 2.05) is 6.92 Å². The summed E-state index contributed by atoms with van der Waals surface area (Å²) >= 11 is 1.48. The SMILES string of the molecule is C=CCN(CCO)S(=O)(=O)c1cc(CNCC)sc1C. The van der Waals surface area contributed by atoms with Gasteiger partial charge in [0.25, 0.3) is 0 Å². The van der Waals surface area contributed by atoms with Crippen molar-refractivity contribution in [2.45, 2.75) is 25.3 Å². The summed E-state index contributed by atoms with van der Waals surface area (Å²) in [6.45, 7) is 8.94. The van der Waals surface area contributed by atoms with Crippen LogP contribution in [0.1, 0.15) is 16.7 Å². The molecule has 1 aromatic rings. The molecule has 1 heterocycles. The van der Waals surface area contributed by atoms with Crippen LogP contribution in [-0.2, 0) is 16.6 Å². The molecule has 0 spiro atoms. The molecule has 0 atom stereocenters. The molecule has 0 saturated heterocycles. The zero-order valence-corrected chi connectivity index (χ0v) is 13.6. The van der Waals surface area contributed by atoms with Crippen molar-refractivity contribution in [2.24, 2.45) is 0 Å².